The summed E-state index contributed by atoms with van der Waals surface area (Å²) in [6.07, 6.45) is 14.8. The van der Waals surface area contributed by atoms with Gasteiger partial charge in [0.25, 0.3) is 0 Å². The summed E-state index contributed by atoms with van der Waals surface area (Å²) in [6.45, 7) is 6.80. The Morgan fingerprint density at radius 3 is 2.65 bits per heavy atom. The van der Waals surface area contributed by atoms with Crippen LogP contribution in [0.15, 0.2) is 94.4 Å². The van der Waals surface area contributed by atoms with Crippen LogP contribution in [0.1, 0.15) is 55.8 Å². The second-order valence-corrected chi connectivity index (χ2v) is 12.1. The number of anilines is 1. The number of benzene rings is 1. The van der Waals surface area contributed by atoms with Crippen molar-refractivity contribution < 1.29 is 9.13 Å². The van der Waals surface area contributed by atoms with Crippen LogP contribution in [-0.4, -0.2) is 55.7 Å². The number of para-hydroxylation sites is 1. The number of allylic oxidation sites excluding steroid dienone is 6. The first-order valence-corrected chi connectivity index (χ1v) is 16.3. The van der Waals surface area contributed by atoms with Gasteiger partial charge in [0.2, 0.25) is 0 Å². The van der Waals surface area contributed by atoms with E-state index in [-0.39, 0.29) is 0 Å². The third-order valence-electron chi connectivity index (χ3n) is 8.21. The molecule has 2 atom stereocenters. The van der Waals surface area contributed by atoms with Gasteiger partial charge in [0.15, 0.2) is 5.91 Å². The van der Waals surface area contributed by atoms with Crippen molar-refractivity contribution in [2.24, 2.45) is 16.6 Å². The van der Waals surface area contributed by atoms with Gasteiger partial charge >= 0.3 is 0 Å². The van der Waals surface area contributed by atoms with E-state index >= 15 is 0 Å². The SMILES string of the molecule is CC/C=C/C(=C\C=C(/C)C1CN(Cc2cccnc2C(F)P)C1)c1cccc(N/C(=C/C(N)=NC)C(=N)C(NC)=C2CC2)c1OC. The first kappa shape index (κ1) is 34.8. The molecule has 0 bridgehead atoms. The number of hydrogen-bond acceptors (Lipinski definition) is 7. The van der Waals surface area contributed by atoms with Crippen LogP contribution in [0.25, 0.3) is 5.57 Å². The Bertz CT molecular complexity index is 1590. The molecular formula is C36H47FN7OP. The molecule has 244 valence electrons. The number of likely N-dealkylation sites (tertiary alicyclic amines) is 1. The third kappa shape index (κ3) is 8.80. The fourth-order valence-corrected chi connectivity index (χ4v) is 5.73. The maximum Gasteiger partial charge on any atom is 0.155 e. The van der Waals surface area contributed by atoms with E-state index in [0.717, 1.165) is 60.4 Å². The molecule has 0 amide bonds. The molecule has 4 rings (SSSR count). The number of aromatic nitrogens is 1. The number of hydrogen-bond donors (Lipinski definition) is 4. The summed E-state index contributed by atoms with van der Waals surface area (Å²) in [7, 11) is 7.32. The van der Waals surface area contributed by atoms with E-state index < -0.39 is 5.91 Å². The van der Waals surface area contributed by atoms with E-state index in [4.69, 9.17) is 15.9 Å². The lowest BCUT2D eigenvalue weighted by Gasteiger charge is -2.40. The van der Waals surface area contributed by atoms with Gasteiger partial charge in [-0.15, -0.1) is 0 Å². The first-order valence-electron chi connectivity index (χ1n) is 15.7. The summed E-state index contributed by atoms with van der Waals surface area (Å²) in [5, 5.41) is 15.6. The zero-order chi connectivity index (χ0) is 33.2. The number of aliphatic imine (C=N–C) groups is 1. The van der Waals surface area contributed by atoms with Gasteiger partial charge in [-0.1, -0.05) is 64.2 Å². The van der Waals surface area contributed by atoms with Gasteiger partial charge in [-0.05, 0) is 55.0 Å². The number of halogens is 1. The van der Waals surface area contributed by atoms with Gasteiger partial charge in [0, 0.05) is 57.5 Å². The van der Waals surface area contributed by atoms with E-state index in [1.165, 1.54) is 11.1 Å². The molecule has 1 aromatic heterocycles. The van der Waals surface area contributed by atoms with Crippen molar-refractivity contribution in [3.8, 4) is 5.75 Å². The van der Waals surface area contributed by atoms with Crippen molar-refractivity contribution in [1.29, 1.82) is 5.41 Å². The average molecular weight is 644 g/mol. The van der Waals surface area contributed by atoms with E-state index in [1.54, 1.807) is 26.4 Å². The topological polar surface area (TPSA) is 112 Å². The van der Waals surface area contributed by atoms with Gasteiger partial charge in [0.1, 0.15) is 17.3 Å². The minimum Gasteiger partial charge on any atom is -0.494 e. The number of nitrogens with two attached hydrogens (primary N) is 1. The predicted molar refractivity (Wildman–Crippen MR) is 193 cm³/mol. The van der Waals surface area contributed by atoms with Gasteiger partial charge in [-0.2, -0.15) is 0 Å². The highest BCUT2D eigenvalue weighted by atomic mass is 31.0. The van der Waals surface area contributed by atoms with E-state index in [9.17, 15) is 4.39 Å². The smallest absolute Gasteiger partial charge is 0.155 e. The van der Waals surface area contributed by atoms with E-state index in [2.05, 4.69) is 72.9 Å². The monoisotopic (exact) mass is 643 g/mol. The molecule has 8 nitrogen and oxygen atoms in total. The maximum absolute atomic E-state index is 14.0. The van der Waals surface area contributed by atoms with Crippen LogP contribution in [0.2, 0.25) is 0 Å². The molecule has 2 aliphatic rings. The lowest BCUT2D eigenvalue weighted by atomic mass is 9.90. The number of alkyl halides is 1. The Hall–Kier alpha value is -4.07. The molecule has 1 aliphatic heterocycles. The summed E-state index contributed by atoms with van der Waals surface area (Å²) in [5.74, 6) is 0.242. The molecule has 1 aliphatic carbocycles. The van der Waals surface area contributed by atoms with Gasteiger partial charge < -0.3 is 21.1 Å². The standard InChI is InChI=1S/C36H47FN7OP/c1-6-7-10-24(15-14-23(2)27-21-44(22-27)20-26-11-9-18-42-34(26)36(37)46)28-12-8-13-29(35(28)45-5)43-30(19-31(38)40-3)32(39)33(41-4)25-16-17-25/h7-15,18-19,27,36,39,41,43H,6,16-17,20-22,46H2,1-5H3,(H2,38,40)/b10-7+,23-14+,24-15+,30-19+,39-32?. The van der Waals surface area contributed by atoms with Crippen LogP contribution >= 0.6 is 9.24 Å². The summed E-state index contributed by atoms with van der Waals surface area (Å²) >= 11 is 0. The Kier molecular flexibility index (Phi) is 12.5. The normalized spacial score (nSPS) is 17.2. The summed E-state index contributed by atoms with van der Waals surface area (Å²) in [4.78, 5) is 10.7. The zero-order valence-electron chi connectivity index (χ0n) is 27.5. The Morgan fingerprint density at radius 2 is 2.02 bits per heavy atom. The molecule has 2 fully saturated rings. The van der Waals surface area contributed by atoms with Crippen molar-refractivity contribution in [3.05, 3.63) is 106 Å². The van der Waals surface area contributed by atoms with E-state index in [0.29, 0.717) is 41.2 Å². The van der Waals surface area contributed by atoms with Crippen molar-refractivity contribution >= 4 is 32.0 Å². The number of methoxy groups -OCH3 is 1. The van der Waals surface area contributed by atoms with Gasteiger partial charge in [0.05, 0.1) is 29.9 Å². The highest BCUT2D eigenvalue weighted by molar-refractivity contribution is 7.16. The molecule has 2 heterocycles. The quantitative estimate of drug-likeness (QED) is 0.0725. The minimum absolute atomic E-state index is 0.317. The molecule has 0 radical (unpaired) electrons. The molecule has 1 saturated carbocycles. The Balaban J connectivity index is 1.58. The number of nitrogens with zero attached hydrogens (tertiary/aromatic N) is 3. The second-order valence-electron chi connectivity index (χ2n) is 11.5. The number of nitrogens with one attached hydrogen (secondary N) is 3. The Labute approximate surface area is 275 Å². The van der Waals surface area contributed by atoms with Crippen molar-refractivity contribution in [1.82, 2.24) is 15.2 Å². The number of ether oxygens (including phenoxy) is 1. The molecule has 2 unspecified atom stereocenters. The van der Waals surface area contributed by atoms with Crippen LogP contribution in [-0.2, 0) is 6.54 Å². The van der Waals surface area contributed by atoms with Crippen molar-refractivity contribution in [2.45, 2.75) is 45.6 Å². The van der Waals surface area contributed by atoms with Crippen LogP contribution in [0.4, 0.5) is 10.1 Å². The highest BCUT2D eigenvalue weighted by Crippen LogP contribution is 2.37. The number of pyridine rings is 1. The number of amidine groups is 1. The van der Waals surface area contributed by atoms with E-state index in [1.807, 2.05) is 37.4 Å². The van der Waals surface area contributed by atoms with Crippen LogP contribution in [0.5, 0.6) is 5.75 Å². The van der Waals surface area contributed by atoms with Crippen molar-refractivity contribution in [3.63, 3.8) is 0 Å². The summed E-state index contributed by atoms with van der Waals surface area (Å²) in [6, 6.07) is 9.78. The number of rotatable bonds is 15. The molecule has 1 aromatic carbocycles. The molecule has 46 heavy (non-hydrogen) atoms. The Morgan fingerprint density at radius 1 is 1.26 bits per heavy atom. The van der Waals surface area contributed by atoms with Crippen LogP contribution in [0.3, 0.4) is 0 Å². The minimum atomic E-state index is -1.16. The molecule has 1 saturated heterocycles. The molecule has 2 aromatic rings. The lowest BCUT2D eigenvalue weighted by Crippen LogP contribution is -2.46. The average Bonchev–Trinajstić information content (AvgIpc) is 3.87. The van der Waals surface area contributed by atoms with Crippen molar-refractivity contribution in [2.75, 3.05) is 39.6 Å². The van der Waals surface area contributed by atoms with Gasteiger partial charge in [-0.25, -0.2) is 4.39 Å². The largest absolute Gasteiger partial charge is 0.494 e. The second kappa shape index (κ2) is 16.5. The maximum atomic E-state index is 14.0. The van der Waals surface area contributed by atoms with Crippen LogP contribution in [0, 0.1) is 11.3 Å². The predicted octanol–water partition coefficient (Wildman–Crippen LogP) is 6.93. The lowest BCUT2D eigenvalue weighted by molar-refractivity contribution is 0.114. The zero-order valence-corrected chi connectivity index (χ0v) is 28.7. The third-order valence-corrected chi connectivity index (χ3v) is 8.53. The molecule has 0 spiro atoms. The van der Waals surface area contributed by atoms with Crippen LogP contribution < -0.4 is 21.1 Å². The molecular weight excluding hydrogens is 596 g/mol. The fourth-order valence-electron chi connectivity index (χ4n) is 5.43. The molecule has 5 N–H and O–H groups in total. The molecule has 10 heteroatoms. The van der Waals surface area contributed by atoms with Gasteiger partial charge in [-0.3, -0.25) is 20.3 Å². The fraction of sp³-hybridized carbons (Fsp3) is 0.361. The highest BCUT2D eigenvalue weighted by Gasteiger charge is 2.29. The summed E-state index contributed by atoms with van der Waals surface area (Å²) in [5.41, 5.74) is 14.3. The summed E-state index contributed by atoms with van der Waals surface area (Å²) < 4.78 is 20.0. The first-order chi connectivity index (χ1) is 22.2.